The number of aromatic nitrogens is 3. The number of benzene rings is 1. The first-order valence-electron chi connectivity index (χ1n) is 7.70. The van der Waals surface area contributed by atoms with Gasteiger partial charge in [-0.25, -0.2) is 4.79 Å². The van der Waals surface area contributed by atoms with E-state index in [0.717, 1.165) is 36.6 Å². The number of nitrogens with one attached hydrogen (secondary N) is 1. The molecule has 0 saturated carbocycles. The average molecular weight is 312 g/mol. The number of esters is 1. The zero-order valence-corrected chi connectivity index (χ0v) is 12.5. The Balaban J connectivity index is 1.43. The van der Waals surface area contributed by atoms with E-state index in [0.29, 0.717) is 18.5 Å². The van der Waals surface area contributed by atoms with Crippen LogP contribution in [0, 0.1) is 0 Å². The molecule has 2 aliphatic rings. The van der Waals surface area contributed by atoms with E-state index in [-0.39, 0.29) is 5.91 Å². The molecule has 2 aromatic rings. The molecule has 2 aliphatic heterocycles. The molecule has 7 heteroatoms. The van der Waals surface area contributed by atoms with Crippen LogP contribution < -0.4 is 5.32 Å². The number of aryl methyl sites for hydroxylation is 1. The lowest BCUT2D eigenvalue weighted by molar-refractivity contribution is -0.130. The molecule has 1 amide bonds. The van der Waals surface area contributed by atoms with Gasteiger partial charge in [-0.1, -0.05) is 18.2 Å². The number of fused-ring (bicyclic) bond motifs is 2. The predicted molar refractivity (Wildman–Crippen MR) is 79.5 cm³/mol. The van der Waals surface area contributed by atoms with Gasteiger partial charge in [0.2, 0.25) is 0 Å². The number of rotatable bonds is 3. The molecule has 3 heterocycles. The number of hydrogen-bond donors (Lipinski definition) is 1. The molecule has 4 rings (SSSR count). The van der Waals surface area contributed by atoms with Gasteiger partial charge in [-0.3, -0.25) is 4.79 Å². The van der Waals surface area contributed by atoms with E-state index in [2.05, 4.69) is 15.5 Å². The molecule has 1 aromatic heterocycles. The molecule has 1 N–H and O–H groups in total. The van der Waals surface area contributed by atoms with Crippen molar-refractivity contribution in [3.63, 3.8) is 0 Å². The Labute approximate surface area is 132 Å². The van der Waals surface area contributed by atoms with Crippen molar-refractivity contribution in [2.75, 3.05) is 0 Å². The van der Waals surface area contributed by atoms with E-state index in [9.17, 15) is 9.59 Å². The third-order valence-corrected chi connectivity index (χ3v) is 4.29. The van der Waals surface area contributed by atoms with Crippen molar-refractivity contribution in [3.05, 3.63) is 47.0 Å². The van der Waals surface area contributed by atoms with Gasteiger partial charge in [0, 0.05) is 19.4 Å². The van der Waals surface area contributed by atoms with Crippen LogP contribution in [-0.4, -0.2) is 32.7 Å². The smallest absolute Gasteiger partial charge is 0.339 e. The summed E-state index contributed by atoms with van der Waals surface area (Å²) < 4.78 is 7.27. The van der Waals surface area contributed by atoms with Gasteiger partial charge in [0.15, 0.2) is 11.9 Å². The summed E-state index contributed by atoms with van der Waals surface area (Å²) in [5.41, 5.74) is 1.37. The van der Waals surface area contributed by atoms with Crippen LogP contribution in [0.5, 0.6) is 0 Å². The van der Waals surface area contributed by atoms with Crippen LogP contribution in [0.15, 0.2) is 24.3 Å². The van der Waals surface area contributed by atoms with E-state index >= 15 is 0 Å². The third kappa shape index (κ3) is 2.48. The fourth-order valence-corrected chi connectivity index (χ4v) is 3.10. The number of nitrogens with zero attached hydrogens (tertiary/aromatic N) is 3. The second-order valence-electron chi connectivity index (χ2n) is 5.76. The summed E-state index contributed by atoms with van der Waals surface area (Å²) in [6.07, 6.45) is 1.59. The van der Waals surface area contributed by atoms with Gasteiger partial charge in [0.1, 0.15) is 5.82 Å². The van der Waals surface area contributed by atoms with E-state index in [4.69, 9.17) is 4.74 Å². The highest BCUT2D eigenvalue weighted by Crippen LogP contribution is 2.20. The molecule has 7 nitrogen and oxygen atoms in total. The van der Waals surface area contributed by atoms with Crippen LogP contribution in [0.4, 0.5) is 0 Å². The predicted octanol–water partition coefficient (Wildman–Crippen LogP) is 0.622. The lowest BCUT2D eigenvalue weighted by atomic mass is 9.98. The van der Waals surface area contributed by atoms with Crippen LogP contribution in [0.1, 0.15) is 34.0 Å². The molecule has 0 bridgehead atoms. The number of hydrogen-bond acceptors (Lipinski definition) is 5. The zero-order valence-electron chi connectivity index (χ0n) is 12.5. The molecule has 0 unspecified atom stereocenters. The van der Waals surface area contributed by atoms with Crippen LogP contribution in [-0.2, 0) is 35.5 Å². The number of carbonyl (C=O) groups is 2. The first kappa shape index (κ1) is 13.9. The standard InChI is InChI=1S/C16H16N4O3/c21-15(17-9-14-19-18-13-6-3-7-20(13)14)12-8-10-4-1-2-5-11(10)16(22)23-12/h1-2,4-5,12H,3,6-9H2,(H,17,21)/t12-/m0/s1. The second-order valence-corrected chi connectivity index (χ2v) is 5.76. The Kier molecular flexibility index (Phi) is 3.33. The van der Waals surface area contributed by atoms with E-state index < -0.39 is 12.1 Å². The van der Waals surface area contributed by atoms with Crippen molar-refractivity contribution in [3.8, 4) is 0 Å². The SMILES string of the molecule is O=C1O[C@H](C(=O)NCc2nnc3n2CCC3)Cc2ccccc21. The lowest BCUT2D eigenvalue weighted by Gasteiger charge is -2.23. The van der Waals surface area contributed by atoms with Crippen molar-refractivity contribution < 1.29 is 14.3 Å². The molecule has 0 fully saturated rings. The minimum Gasteiger partial charge on any atom is -0.448 e. The molecule has 0 radical (unpaired) electrons. The zero-order chi connectivity index (χ0) is 15.8. The van der Waals surface area contributed by atoms with E-state index in [1.807, 2.05) is 16.7 Å². The summed E-state index contributed by atoms with van der Waals surface area (Å²) in [7, 11) is 0. The highest BCUT2D eigenvalue weighted by Gasteiger charge is 2.31. The molecule has 0 saturated heterocycles. The number of cyclic esters (lactones) is 1. The van der Waals surface area contributed by atoms with Crippen molar-refractivity contribution in [2.45, 2.75) is 38.5 Å². The van der Waals surface area contributed by atoms with Crippen molar-refractivity contribution in [1.82, 2.24) is 20.1 Å². The summed E-state index contributed by atoms with van der Waals surface area (Å²) in [6, 6.07) is 7.20. The van der Waals surface area contributed by atoms with Gasteiger partial charge >= 0.3 is 5.97 Å². The van der Waals surface area contributed by atoms with Gasteiger partial charge in [0.25, 0.3) is 5.91 Å². The quantitative estimate of drug-likeness (QED) is 0.840. The van der Waals surface area contributed by atoms with Gasteiger partial charge in [-0.2, -0.15) is 0 Å². The fourth-order valence-electron chi connectivity index (χ4n) is 3.10. The second kappa shape index (κ2) is 5.49. The number of carbonyl (C=O) groups excluding carboxylic acids is 2. The third-order valence-electron chi connectivity index (χ3n) is 4.29. The molecule has 118 valence electrons. The normalized spacial score (nSPS) is 19.0. The average Bonchev–Trinajstić information content (AvgIpc) is 3.16. The topological polar surface area (TPSA) is 86.1 Å². The molecular weight excluding hydrogens is 296 g/mol. The van der Waals surface area contributed by atoms with Crippen molar-refractivity contribution >= 4 is 11.9 Å². The molecule has 1 aromatic carbocycles. The van der Waals surface area contributed by atoms with Gasteiger partial charge in [-0.15, -0.1) is 10.2 Å². The van der Waals surface area contributed by atoms with Crippen LogP contribution >= 0.6 is 0 Å². The number of ether oxygens (including phenoxy) is 1. The summed E-state index contributed by atoms with van der Waals surface area (Å²) >= 11 is 0. The first-order chi connectivity index (χ1) is 11.2. The Hall–Kier alpha value is -2.70. The molecule has 1 atom stereocenters. The van der Waals surface area contributed by atoms with Gasteiger partial charge < -0.3 is 14.6 Å². The van der Waals surface area contributed by atoms with Crippen LogP contribution in [0.25, 0.3) is 0 Å². The van der Waals surface area contributed by atoms with Crippen LogP contribution in [0.2, 0.25) is 0 Å². The summed E-state index contributed by atoms with van der Waals surface area (Å²) in [5.74, 6) is 0.958. The Morgan fingerprint density at radius 3 is 3.13 bits per heavy atom. The highest BCUT2D eigenvalue weighted by atomic mass is 16.5. The molecule has 0 aliphatic carbocycles. The highest BCUT2D eigenvalue weighted by molar-refractivity contribution is 5.95. The maximum absolute atomic E-state index is 12.3. The Bertz CT molecular complexity index is 783. The lowest BCUT2D eigenvalue weighted by Crippen LogP contribution is -2.41. The Morgan fingerprint density at radius 1 is 1.35 bits per heavy atom. The molecular formula is C16H16N4O3. The molecule has 0 spiro atoms. The van der Waals surface area contributed by atoms with Gasteiger partial charge in [0.05, 0.1) is 12.1 Å². The minimum absolute atomic E-state index is 0.293. The number of amides is 1. The maximum atomic E-state index is 12.3. The Morgan fingerprint density at radius 2 is 2.22 bits per heavy atom. The molecule has 23 heavy (non-hydrogen) atoms. The monoisotopic (exact) mass is 312 g/mol. The summed E-state index contributed by atoms with van der Waals surface area (Å²) in [5, 5.41) is 11.0. The van der Waals surface area contributed by atoms with E-state index in [1.165, 1.54) is 0 Å². The van der Waals surface area contributed by atoms with Crippen molar-refractivity contribution in [1.29, 1.82) is 0 Å². The fraction of sp³-hybridized carbons (Fsp3) is 0.375. The van der Waals surface area contributed by atoms with Crippen molar-refractivity contribution in [2.24, 2.45) is 0 Å². The van der Waals surface area contributed by atoms with Crippen LogP contribution in [0.3, 0.4) is 0 Å². The first-order valence-corrected chi connectivity index (χ1v) is 7.70. The summed E-state index contributed by atoms with van der Waals surface area (Å²) in [4.78, 5) is 24.3. The maximum Gasteiger partial charge on any atom is 0.339 e. The minimum atomic E-state index is -0.793. The van der Waals surface area contributed by atoms with Gasteiger partial charge in [-0.05, 0) is 18.1 Å². The summed E-state index contributed by atoms with van der Waals surface area (Å²) in [6.45, 7) is 1.18. The largest absolute Gasteiger partial charge is 0.448 e. The van der Waals surface area contributed by atoms with E-state index in [1.54, 1.807) is 12.1 Å².